The lowest BCUT2D eigenvalue weighted by Crippen LogP contribution is -2.25. The molecular formula is C14H17N3O2. The molecule has 5 heteroatoms. The first kappa shape index (κ1) is 13.1. The van der Waals surface area contributed by atoms with Crippen molar-refractivity contribution in [1.82, 2.24) is 10.5 Å². The van der Waals surface area contributed by atoms with Crippen LogP contribution in [0.1, 0.15) is 16.1 Å². The molecule has 0 aliphatic rings. The summed E-state index contributed by atoms with van der Waals surface area (Å²) in [5.41, 5.74) is 2.35. The van der Waals surface area contributed by atoms with E-state index in [1.807, 2.05) is 14.1 Å². The first-order valence-corrected chi connectivity index (χ1v) is 6.12. The van der Waals surface area contributed by atoms with Crippen molar-refractivity contribution in [2.24, 2.45) is 0 Å². The molecule has 1 amide bonds. The molecule has 0 saturated heterocycles. The predicted octanol–water partition coefficient (Wildman–Crippen LogP) is 1.71. The van der Waals surface area contributed by atoms with E-state index in [4.69, 9.17) is 4.52 Å². The molecule has 0 spiro atoms. The number of nitrogens with one attached hydrogen (secondary N) is 1. The summed E-state index contributed by atoms with van der Waals surface area (Å²) in [6, 6.07) is 9.80. The van der Waals surface area contributed by atoms with E-state index in [2.05, 4.69) is 39.6 Å². The second-order valence-corrected chi connectivity index (χ2v) is 4.44. The third kappa shape index (κ3) is 3.58. The maximum absolute atomic E-state index is 11.6. The molecule has 1 N–H and O–H groups in total. The van der Waals surface area contributed by atoms with Crippen molar-refractivity contribution < 1.29 is 9.32 Å². The lowest BCUT2D eigenvalue weighted by atomic mass is 10.1. The standard InChI is InChI=1S/C14H17N3O2/c1-17(2)12-5-3-11(4-6-12)7-9-15-14(18)13-8-10-16-19-13/h3-6,8,10H,7,9H2,1-2H3,(H,15,18). The normalized spacial score (nSPS) is 10.2. The third-order valence-electron chi connectivity index (χ3n) is 2.81. The van der Waals surface area contributed by atoms with E-state index in [-0.39, 0.29) is 11.7 Å². The number of nitrogens with zero attached hydrogens (tertiary/aromatic N) is 2. The lowest BCUT2D eigenvalue weighted by molar-refractivity contribution is 0.0917. The monoisotopic (exact) mass is 259 g/mol. The van der Waals surface area contributed by atoms with E-state index < -0.39 is 0 Å². The maximum atomic E-state index is 11.6. The Morgan fingerprint density at radius 2 is 2.00 bits per heavy atom. The van der Waals surface area contributed by atoms with Gasteiger partial charge in [-0.05, 0) is 24.1 Å². The van der Waals surface area contributed by atoms with Crippen molar-refractivity contribution in [3.8, 4) is 0 Å². The van der Waals surface area contributed by atoms with Crippen LogP contribution in [0, 0.1) is 0 Å². The Kier molecular flexibility index (Phi) is 4.18. The summed E-state index contributed by atoms with van der Waals surface area (Å²) in [5.74, 6) is 0.00497. The number of hydrogen-bond acceptors (Lipinski definition) is 4. The Balaban J connectivity index is 1.81. The summed E-state index contributed by atoms with van der Waals surface area (Å²) < 4.78 is 4.77. The molecule has 5 nitrogen and oxygen atoms in total. The molecule has 0 radical (unpaired) electrons. The number of hydrogen-bond donors (Lipinski definition) is 1. The topological polar surface area (TPSA) is 58.4 Å². The molecule has 19 heavy (non-hydrogen) atoms. The summed E-state index contributed by atoms with van der Waals surface area (Å²) >= 11 is 0. The van der Waals surface area contributed by atoms with Crippen LogP contribution in [0.3, 0.4) is 0 Å². The molecule has 1 heterocycles. The van der Waals surface area contributed by atoms with E-state index in [1.165, 1.54) is 11.8 Å². The molecule has 0 aliphatic heterocycles. The number of benzene rings is 1. The number of anilines is 1. The van der Waals surface area contributed by atoms with E-state index in [0.29, 0.717) is 6.54 Å². The summed E-state index contributed by atoms with van der Waals surface area (Å²) in [6.45, 7) is 0.570. The molecule has 0 unspecified atom stereocenters. The van der Waals surface area contributed by atoms with E-state index >= 15 is 0 Å². The highest BCUT2D eigenvalue weighted by atomic mass is 16.5. The fourth-order valence-corrected chi connectivity index (χ4v) is 1.70. The third-order valence-corrected chi connectivity index (χ3v) is 2.81. The van der Waals surface area contributed by atoms with Crippen molar-refractivity contribution in [3.05, 3.63) is 47.9 Å². The Bertz CT molecular complexity index is 518. The number of amides is 1. The Morgan fingerprint density at radius 3 is 2.58 bits per heavy atom. The molecule has 1 aromatic heterocycles. The fraction of sp³-hybridized carbons (Fsp3) is 0.286. The highest BCUT2D eigenvalue weighted by Gasteiger charge is 2.08. The molecule has 0 atom stereocenters. The highest BCUT2D eigenvalue weighted by molar-refractivity contribution is 5.91. The summed E-state index contributed by atoms with van der Waals surface area (Å²) in [5, 5.41) is 6.28. The van der Waals surface area contributed by atoms with Gasteiger partial charge in [0.25, 0.3) is 5.91 Å². The van der Waals surface area contributed by atoms with Gasteiger partial charge in [-0.2, -0.15) is 0 Å². The molecule has 100 valence electrons. The molecule has 0 saturated carbocycles. The van der Waals surface area contributed by atoms with Crippen molar-refractivity contribution in [3.63, 3.8) is 0 Å². The van der Waals surface area contributed by atoms with Crippen LogP contribution in [-0.4, -0.2) is 31.7 Å². The van der Waals surface area contributed by atoms with Crippen LogP contribution >= 0.6 is 0 Å². The minimum atomic E-state index is -0.234. The van der Waals surface area contributed by atoms with Gasteiger partial charge < -0.3 is 14.7 Å². The number of carbonyl (C=O) groups excluding carboxylic acids is 1. The minimum absolute atomic E-state index is 0.234. The Morgan fingerprint density at radius 1 is 1.26 bits per heavy atom. The van der Waals surface area contributed by atoms with Gasteiger partial charge in [0.05, 0.1) is 6.20 Å². The van der Waals surface area contributed by atoms with E-state index in [0.717, 1.165) is 12.1 Å². The average molecular weight is 259 g/mol. The minimum Gasteiger partial charge on any atom is -0.378 e. The van der Waals surface area contributed by atoms with E-state index in [1.54, 1.807) is 6.07 Å². The van der Waals surface area contributed by atoms with Gasteiger partial charge in [-0.1, -0.05) is 17.3 Å². The lowest BCUT2D eigenvalue weighted by Gasteiger charge is -2.12. The van der Waals surface area contributed by atoms with Crippen LogP contribution in [0.25, 0.3) is 0 Å². The summed E-state index contributed by atoms with van der Waals surface area (Å²) in [7, 11) is 4.01. The van der Waals surface area contributed by atoms with Crippen molar-refractivity contribution >= 4 is 11.6 Å². The molecule has 0 aliphatic carbocycles. The predicted molar refractivity (Wildman–Crippen MR) is 73.3 cm³/mol. The van der Waals surface area contributed by atoms with Gasteiger partial charge in [0, 0.05) is 32.4 Å². The second kappa shape index (κ2) is 6.04. The van der Waals surface area contributed by atoms with Gasteiger partial charge in [-0.3, -0.25) is 4.79 Å². The van der Waals surface area contributed by atoms with Crippen LogP contribution in [0.2, 0.25) is 0 Å². The van der Waals surface area contributed by atoms with Crippen LogP contribution < -0.4 is 10.2 Å². The van der Waals surface area contributed by atoms with Gasteiger partial charge in [-0.25, -0.2) is 0 Å². The Hall–Kier alpha value is -2.30. The average Bonchev–Trinajstić information content (AvgIpc) is 2.93. The quantitative estimate of drug-likeness (QED) is 0.888. The zero-order valence-corrected chi connectivity index (χ0v) is 11.1. The first-order chi connectivity index (χ1) is 9.16. The van der Waals surface area contributed by atoms with Crippen LogP contribution in [0.15, 0.2) is 41.1 Å². The number of carbonyl (C=O) groups is 1. The number of aromatic nitrogens is 1. The largest absolute Gasteiger partial charge is 0.378 e. The Labute approximate surface area is 112 Å². The SMILES string of the molecule is CN(C)c1ccc(CCNC(=O)c2ccno2)cc1. The van der Waals surface area contributed by atoms with Gasteiger partial charge >= 0.3 is 0 Å². The molecule has 1 aromatic carbocycles. The van der Waals surface area contributed by atoms with Crippen LogP contribution in [0.5, 0.6) is 0 Å². The molecule has 2 aromatic rings. The van der Waals surface area contributed by atoms with Crippen molar-refractivity contribution in [1.29, 1.82) is 0 Å². The molecule has 0 fully saturated rings. The highest BCUT2D eigenvalue weighted by Crippen LogP contribution is 2.12. The fourth-order valence-electron chi connectivity index (χ4n) is 1.70. The summed E-state index contributed by atoms with van der Waals surface area (Å²) in [4.78, 5) is 13.6. The van der Waals surface area contributed by atoms with Gasteiger partial charge in [0.1, 0.15) is 0 Å². The van der Waals surface area contributed by atoms with Crippen molar-refractivity contribution in [2.45, 2.75) is 6.42 Å². The van der Waals surface area contributed by atoms with E-state index in [9.17, 15) is 4.79 Å². The molecular weight excluding hydrogens is 242 g/mol. The summed E-state index contributed by atoms with van der Waals surface area (Å²) in [6.07, 6.45) is 2.24. The smallest absolute Gasteiger partial charge is 0.289 e. The number of rotatable bonds is 5. The maximum Gasteiger partial charge on any atom is 0.289 e. The second-order valence-electron chi connectivity index (χ2n) is 4.44. The molecule has 2 rings (SSSR count). The van der Waals surface area contributed by atoms with Crippen molar-refractivity contribution in [2.75, 3.05) is 25.5 Å². The van der Waals surface area contributed by atoms with Gasteiger partial charge in [0.2, 0.25) is 5.76 Å². The zero-order chi connectivity index (χ0) is 13.7. The van der Waals surface area contributed by atoms with Crippen LogP contribution in [0.4, 0.5) is 5.69 Å². The molecule has 0 bridgehead atoms. The van der Waals surface area contributed by atoms with Gasteiger partial charge in [-0.15, -0.1) is 0 Å². The zero-order valence-electron chi connectivity index (χ0n) is 11.1. The van der Waals surface area contributed by atoms with Gasteiger partial charge in [0.15, 0.2) is 0 Å². The first-order valence-electron chi connectivity index (χ1n) is 6.12. The van der Waals surface area contributed by atoms with Crippen LogP contribution in [-0.2, 0) is 6.42 Å².